The number of hydrazone groups is 1. The van der Waals surface area contributed by atoms with Crippen molar-refractivity contribution in [2.75, 3.05) is 0 Å². The molecular formula is C26H19BrN2O3. The Balaban J connectivity index is 1.38. The molecule has 0 heterocycles. The molecule has 0 spiro atoms. The largest absolute Gasteiger partial charge is 0.423 e. The molecule has 4 rings (SSSR count). The summed E-state index contributed by atoms with van der Waals surface area (Å²) in [6.45, 7) is 0. The Morgan fingerprint density at radius 1 is 0.906 bits per heavy atom. The molecule has 0 unspecified atom stereocenters. The third-order valence-electron chi connectivity index (χ3n) is 4.80. The molecule has 0 radical (unpaired) electrons. The predicted octanol–water partition coefficient (Wildman–Crippen LogP) is 5.51. The summed E-state index contributed by atoms with van der Waals surface area (Å²) in [7, 11) is 0. The predicted molar refractivity (Wildman–Crippen MR) is 129 cm³/mol. The van der Waals surface area contributed by atoms with Gasteiger partial charge in [-0.2, -0.15) is 5.10 Å². The van der Waals surface area contributed by atoms with Crippen LogP contribution >= 0.6 is 15.9 Å². The van der Waals surface area contributed by atoms with Crippen molar-refractivity contribution < 1.29 is 14.3 Å². The second-order valence-electron chi connectivity index (χ2n) is 7.05. The fourth-order valence-corrected chi connectivity index (χ4v) is 3.73. The highest BCUT2D eigenvalue weighted by Gasteiger charge is 2.12. The van der Waals surface area contributed by atoms with Crippen LogP contribution in [0.4, 0.5) is 0 Å². The normalized spacial score (nSPS) is 10.9. The molecule has 0 saturated heterocycles. The van der Waals surface area contributed by atoms with Gasteiger partial charge in [-0.25, -0.2) is 10.2 Å². The Kier molecular flexibility index (Phi) is 6.72. The first-order valence-electron chi connectivity index (χ1n) is 9.95. The second kappa shape index (κ2) is 10.0. The van der Waals surface area contributed by atoms with Crippen LogP contribution in [-0.4, -0.2) is 18.1 Å². The maximum absolute atomic E-state index is 12.4. The standard InChI is InChI=1S/C26H19BrN2O3/c27-24-14-4-3-13-23(24)26(31)32-21-11-5-7-18(15-21)17-28-29-25(30)16-20-10-6-9-19-8-1-2-12-22(19)20/h1-15,17H,16H2,(H,29,30)/b28-17-. The van der Waals surface area contributed by atoms with Crippen molar-refractivity contribution in [3.05, 3.63) is 112 Å². The average Bonchev–Trinajstić information content (AvgIpc) is 2.80. The van der Waals surface area contributed by atoms with E-state index in [0.29, 0.717) is 21.3 Å². The fraction of sp³-hybridized carbons (Fsp3) is 0.0385. The maximum atomic E-state index is 12.4. The summed E-state index contributed by atoms with van der Waals surface area (Å²) in [6.07, 6.45) is 1.74. The van der Waals surface area contributed by atoms with E-state index in [2.05, 4.69) is 26.5 Å². The zero-order valence-electron chi connectivity index (χ0n) is 17.0. The SMILES string of the molecule is O=C(Cc1cccc2ccccc12)N/N=C\c1cccc(OC(=O)c2ccccc2Br)c1. The first-order chi connectivity index (χ1) is 15.6. The summed E-state index contributed by atoms with van der Waals surface area (Å²) in [5.41, 5.74) is 4.62. The van der Waals surface area contributed by atoms with Gasteiger partial charge >= 0.3 is 5.97 Å². The van der Waals surface area contributed by atoms with Crippen molar-refractivity contribution in [2.45, 2.75) is 6.42 Å². The average molecular weight is 487 g/mol. The maximum Gasteiger partial charge on any atom is 0.344 e. The number of ether oxygens (including phenoxy) is 1. The number of fused-ring (bicyclic) bond motifs is 1. The van der Waals surface area contributed by atoms with E-state index in [1.54, 1.807) is 42.5 Å². The zero-order chi connectivity index (χ0) is 22.3. The van der Waals surface area contributed by atoms with Crippen molar-refractivity contribution >= 4 is 44.8 Å². The van der Waals surface area contributed by atoms with Crippen LogP contribution < -0.4 is 10.2 Å². The molecule has 158 valence electrons. The monoisotopic (exact) mass is 486 g/mol. The van der Waals surface area contributed by atoms with E-state index in [9.17, 15) is 9.59 Å². The first-order valence-corrected chi connectivity index (χ1v) is 10.7. The van der Waals surface area contributed by atoms with Crippen LogP contribution in [0, 0.1) is 0 Å². The fourth-order valence-electron chi connectivity index (χ4n) is 3.29. The van der Waals surface area contributed by atoms with Gasteiger partial charge in [-0.3, -0.25) is 4.79 Å². The first kappa shape index (κ1) is 21.5. The molecule has 5 nitrogen and oxygen atoms in total. The number of hydrogen-bond acceptors (Lipinski definition) is 4. The van der Waals surface area contributed by atoms with Crippen LogP contribution in [0.15, 0.2) is 101 Å². The van der Waals surface area contributed by atoms with Gasteiger partial charge in [-0.15, -0.1) is 0 Å². The molecule has 0 aliphatic rings. The summed E-state index contributed by atoms with van der Waals surface area (Å²) >= 11 is 3.35. The Morgan fingerprint density at radius 3 is 2.53 bits per heavy atom. The number of halogens is 1. The van der Waals surface area contributed by atoms with E-state index < -0.39 is 5.97 Å². The Hall–Kier alpha value is -3.77. The van der Waals surface area contributed by atoms with Crippen molar-refractivity contribution in [3.8, 4) is 5.75 Å². The number of esters is 1. The van der Waals surface area contributed by atoms with Crippen LogP contribution in [0.5, 0.6) is 5.75 Å². The van der Waals surface area contributed by atoms with E-state index in [0.717, 1.165) is 16.3 Å². The molecule has 0 atom stereocenters. The number of benzene rings is 4. The van der Waals surface area contributed by atoms with Gasteiger partial charge in [0.05, 0.1) is 18.2 Å². The molecule has 1 N–H and O–H groups in total. The number of rotatable bonds is 6. The number of carbonyl (C=O) groups excluding carboxylic acids is 2. The summed E-state index contributed by atoms with van der Waals surface area (Å²) in [6, 6.07) is 27.8. The van der Waals surface area contributed by atoms with Gasteiger partial charge < -0.3 is 4.74 Å². The molecule has 4 aromatic carbocycles. The lowest BCUT2D eigenvalue weighted by atomic mass is 10.0. The summed E-state index contributed by atoms with van der Waals surface area (Å²) < 4.78 is 6.11. The lowest BCUT2D eigenvalue weighted by Gasteiger charge is -2.07. The van der Waals surface area contributed by atoms with Crippen LogP contribution in [0.1, 0.15) is 21.5 Å². The molecule has 0 aliphatic heterocycles. The molecule has 4 aromatic rings. The number of amides is 1. The molecule has 0 aromatic heterocycles. The molecule has 0 saturated carbocycles. The van der Waals surface area contributed by atoms with Gasteiger partial charge in [-0.05, 0) is 62.1 Å². The van der Waals surface area contributed by atoms with Gasteiger partial charge in [0.2, 0.25) is 5.91 Å². The third-order valence-corrected chi connectivity index (χ3v) is 5.49. The Labute approximate surface area is 193 Å². The quantitative estimate of drug-likeness (QED) is 0.169. The minimum Gasteiger partial charge on any atom is -0.423 e. The minimum absolute atomic E-state index is 0.214. The molecule has 0 bridgehead atoms. The van der Waals surface area contributed by atoms with Crippen LogP contribution in [-0.2, 0) is 11.2 Å². The van der Waals surface area contributed by atoms with E-state index in [-0.39, 0.29) is 12.3 Å². The smallest absolute Gasteiger partial charge is 0.344 e. The van der Waals surface area contributed by atoms with Crippen molar-refractivity contribution in [1.82, 2.24) is 5.43 Å². The van der Waals surface area contributed by atoms with Gasteiger partial charge in [0.15, 0.2) is 0 Å². The van der Waals surface area contributed by atoms with Crippen LogP contribution in [0.25, 0.3) is 10.8 Å². The third kappa shape index (κ3) is 5.28. The van der Waals surface area contributed by atoms with E-state index in [1.165, 1.54) is 6.21 Å². The Morgan fingerprint density at radius 2 is 1.66 bits per heavy atom. The number of nitrogens with zero attached hydrogens (tertiary/aromatic N) is 1. The van der Waals surface area contributed by atoms with Crippen molar-refractivity contribution in [2.24, 2.45) is 5.10 Å². The molecule has 1 amide bonds. The van der Waals surface area contributed by atoms with Crippen LogP contribution in [0.3, 0.4) is 0 Å². The van der Waals surface area contributed by atoms with Crippen LogP contribution in [0.2, 0.25) is 0 Å². The highest BCUT2D eigenvalue weighted by molar-refractivity contribution is 9.10. The van der Waals surface area contributed by atoms with E-state index in [1.807, 2.05) is 48.5 Å². The lowest BCUT2D eigenvalue weighted by molar-refractivity contribution is -0.120. The molecular weight excluding hydrogens is 468 g/mol. The van der Waals surface area contributed by atoms with E-state index >= 15 is 0 Å². The molecule has 0 fully saturated rings. The zero-order valence-corrected chi connectivity index (χ0v) is 18.6. The van der Waals surface area contributed by atoms with Crippen molar-refractivity contribution in [1.29, 1.82) is 0 Å². The van der Waals surface area contributed by atoms with Gasteiger partial charge in [0, 0.05) is 4.47 Å². The minimum atomic E-state index is -0.463. The van der Waals surface area contributed by atoms with E-state index in [4.69, 9.17) is 4.74 Å². The van der Waals surface area contributed by atoms with Gasteiger partial charge in [0.25, 0.3) is 0 Å². The number of carbonyl (C=O) groups is 2. The Bertz CT molecular complexity index is 1310. The second-order valence-corrected chi connectivity index (χ2v) is 7.90. The molecule has 6 heteroatoms. The number of hydrogen-bond donors (Lipinski definition) is 1. The topological polar surface area (TPSA) is 67.8 Å². The summed E-state index contributed by atoms with van der Waals surface area (Å²) in [5.74, 6) is -0.291. The van der Waals surface area contributed by atoms with Gasteiger partial charge in [-0.1, -0.05) is 66.7 Å². The highest BCUT2D eigenvalue weighted by Crippen LogP contribution is 2.20. The molecule has 0 aliphatic carbocycles. The molecule has 32 heavy (non-hydrogen) atoms. The highest BCUT2D eigenvalue weighted by atomic mass is 79.9. The summed E-state index contributed by atoms with van der Waals surface area (Å²) in [5, 5.41) is 6.18. The van der Waals surface area contributed by atoms with Crippen molar-refractivity contribution in [3.63, 3.8) is 0 Å². The summed E-state index contributed by atoms with van der Waals surface area (Å²) in [4.78, 5) is 24.7. The lowest BCUT2D eigenvalue weighted by Crippen LogP contribution is -2.19. The van der Waals surface area contributed by atoms with Gasteiger partial charge in [0.1, 0.15) is 5.75 Å². The number of nitrogens with one attached hydrogen (secondary N) is 1.